The van der Waals surface area contributed by atoms with Gasteiger partial charge in [-0.1, -0.05) is 57.7 Å². The van der Waals surface area contributed by atoms with Crippen LogP contribution in [-0.2, 0) is 70.5 Å². The van der Waals surface area contributed by atoms with E-state index in [-0.39, 0.29) is 0 Å². The lowest BCUT2D eigenvalue weighted by Crippen LogP contribution is -2.52. The van der Waals surface area contributed by atoms with Crippen LogP contribution in [0.15, 0.2) is 244 Å². The fraction of sp³-hybridized carbons (Fsp3) is 0.216. The molecule has 2 saturated heterocycles. The van der Waals surface area contributed by atoms with E-state index in [9.17, 15) is 38.4 Å². The lowest BCUT2D eigenvalue weighted by Gasteiger charge is -2.35. The summed E-state index contributed by atoms with van der Waals surface area (Å²) in [6.07, 6.45) is 3.96. The third kappa shape index (κ3) is 17.9. The van der Waals surface area contributed by atoms with Crippen molar-refractivity contribution in [3.63, 3.8) is 0 Å². The van der Waals surface area contributed by atoms with Gasteiger partial charge in [-0.3, -0.25) is 53.1 Å². The Bertz CT molecular complexity index is 4830. The van der Waals surface area contributed by atoms with Gasteiger partial charge in [0.25, 0.3) is 23.6 Å². The fourth-order valence-electron chi connectivity index (χ4n) is 8.71. The fourth-order valence-corrected chi connectivity index (χ4v) is 8.71. The maximum absolute atomic E-state index is 14.9. The molecule has 13 nitrogen and oxygen atoms in total. The van der Waals surface area contributed by atoms with Gasteiger partial charge in [-0.25, -0.2) is 9.80 Å². The molecular formula is C74H45N5O8. The summed E-state index contributed by atoms with van der Waals surface area (Å²) < 4.78 is 0. The van der Waals surface area contributed by atoms with Crippen LogP contribution in [0, 0.1) is 0 Å². The number of anilines is 2. The maximum Gasteiger partial charge on any atom is 0.258 e. The van der Waals surface area contributed by atoms with Crippen molar-refractivity contribution in [2.75, 3.05) is 16.8 Å². The van der Waals surface area contributed by atoms with Crippen molar-refractivity contribution in [1.29, 1.82) is 0 Å². The van der Waals surface area contributed by atoms with Gasteiger partial charge in [0.05, 0.1) is 24.2 Å². The van der Waals surface area contributed by atoms with Gasteiger partial charge in [-0.2, -0.15) is 0 Å². The Hall–Kier alpha value is -13.2. The summed E-state index contributed by atoms with van der Waals surface area (Å²) in [7, 11) is 1.25. The Balaban J connectivity index is 1.53. The molecule has 0 aromatic heterocycles. The van der Waals surface area contributed by atoms with E-state index in [4.69, 9.17) is 0 Å². The van der Waals surface area contributed by atoms with Gasteiger partial charge >= 0.3 is 0 Å². The first-order valence-electron chi connectivity index (χ1n) is 26.4. The number of carbonyl (C=O) groups is 8. The van der Waals surface area contributed by atoms with Gasteiger partial charge in [-0.05, 0) is 169 Å². The van der Waals surface area contributed by atoms with Crippen molar-refractivity contribution in [1.82, 2.24) is 14.7 Å². The SMILES string of the molecule is C=C=C=C=C=C=C=C=C=C=C=C=C=C=C=C=C=C=C=C=C=C=C=C=C=C=C=C=C=C=C=C=C=C=C=C(N(C(C)=O)C1CC(=O)N(C)C1=O)N(C(C)=O)C1CC(=O)N(c2c(CC)cc(Cc3cc(CC)c(N4C(=O)C=CC4=O)c(CC)c3)cc2CC)C1=O. The molecule has 8 amide bonds. The van der Waals surface area contributed by atoms with Crippen molar-refractivity contribution in [3.8, 4) is 0 Å². The van der Waals surface area contributed by atoms with E-state index in [0.29, 0.717) is 54.6 Å². The number of amides is 8. The Morgan fingerprint density at radius 1 is 0.437 bits per heavy atom. The molecule has 414 valence electrons. The summed E-state index contributed by atoms with van der Waals surface area (Å²) in [4.78, 5) is 113. The first kappa shape index (κ1) is 64.6. The van der Waals surface area contributed by atoms with Crippen molar-refractivity contribution in [3.05, 3.63) is 277 Å². The molecule has 0 N–H and O–H groups in total. The molecular weight excluding hydrogens is 1090 g/mol. The smallest absolute Gasteiger partial charge is 0.258 e. The standard InChI is InChI=1S/C74H45N5O8/c1-9-14-15-16-17-18-19-20-21-22-23-24-25-26-27-28-29-30-31-32-33-34-35-36-37-38-39-40-41-42-43-44-45-46-66(76(56(6)80)64-54-69(84)75(8)73(64)86)77(57(7)81)65-55-70(85)79(74(65)87)72-62(12-4)52-59(53-63(72)13-5)49-58-50-60(10-2)71(61(11-3)51-58)78-67(82)47-48-68(78)83/h47-48,50-53,64-65H,1,10-13,49,54-55H2,2-8H3. The molecule has 0 radical (unpaired) electrons. The zero-order chi connectivity index (χ0) is 63.1. The number of aryl methyl sites for hydroxylation is 4. The number of hydrogen-bond donors (Lipinski definition) is 0. The van der Waals surface area contributed by atoms with Crippen molar-refractivity contribution in [2.24, 2.45) is 0 Å². The minimum absolute atomic E-state index is 0.368. The van der Waals surface area contributed by atoms with E-state index in [1.165, 1.54) is 24.1 Å². The highest BCUT2D eigenvalue weighted by atomic mass is 16.2. The number of nitrogens with zero attached hydrogens (tertiary/aromatic N) is 5. The average molecular weight is 1130 g/mol. The highest BCUT2D eigenvalue weighted by Crippen LogP contribution is 2.37. The second-order valence-corrected chi connectivity index (χ2v) is 17.7. The topological polar surface area (TPSA) is 153 Å². The molecule has 0 spiro atoms. The maximum atomic E-state index is 14.9. The van der Waals surface area contributed by atoms with Crippen LogP contribution < -0.4 is 9.80 Å². The monoisotopic (exact) mass is 1130 g/mol. The van der Waals surface area contributed by atoms with Gasteiger partial charge in [0.1, 0.15) is 12.1 Å². The number of rotatable bonds is 12. The van der Waals surface area contributed by atoms with E-state index >= 15 is 0 Å². The number of likely N-dealkylation sites (N-methyl/N-ethyl adjacent to an activating group) is 1. The van der Waals surface area contributed by atoms with Gasteiger partial charge in [-0.15, -0.1) is 0 Å². The predicted molar refractivity (Wildman–Crippen MR) is 316 cm³/mol. The van der Waals surface area contributed by atoms with E-state index in [2.05, 4.69) is 201 Å². The molecule has 5 rings (SSSR count). The summed E-state index contributed by atoms with van der Waals surface area (Å²) in [5.41, 5.74) is 90.5. The Morgan fingerprint density at radius 3 is 1.01 bits per heavy atom. The van der Waals surface area contributed by atoms with Crippen LogP contribution >= 0.6 is 0 Å². The minimum Gasteiger partial charge on any atom is -0.284 e. The molecule has 3 aliphatic heterocycles. The van der Waals surface area contributed by atoms with Gasteiger partial charge < -0.3 is 0 Å². The molecule has 3 heterocycles. The molecule has 13 heteroatoms. The summed E-state index contributed by atoms with van der Waals surface area (Å²) in [6, 6.07) is 4.86. The molecule has 0 aliphatic carbocycles. The number of benzene rings is 2. The Labute approximate surface area is 501 Å². The molecule has 2 fully saturated rings. The van der Waals surface area contributed by atoms with Crippen LogP contribution in [0.2, 0.25) is 0 Å². The third-order valence-corrected chi connectivity index (χ3v) is 12.3. The van der Waals surface area contributed by atoms with Crippen molar-refractivity contribution < 1.29 is 38.4 Å². The molecule has 3 aliphatic rings. The van der Waals surface area contributed by atoms with Crippen LogP contribution in [0.25, 0.3) is 0 Å². The van der Waals surface area contributed by atoms with Crippen LogP contribution in [0.1, 0.15) is 87.8 Å². The first-order valence-corrected chi connectivity index (χ1v) is 26.4. The molecule has 2 aromatic rings. The number of hydrogen-bond acceptors (Lipinski definition) is 8. The number of likely N-dealkylation sites (tertiary alicyclic amines) is 1. The quantitative estimate of drug-likeness (QED) is 0.151. The van der Waals surface area contributed by atoms with Gasteiger partial charge in [0.15, 0.2) is 5.82 Å². The average Bonchev–Trinajstić information content (AvgIpc) is 2.16. The zero-order valence-corrected chi connectivity index (χ0v) is 48.3. The van der Waals surface area contributed by atoms with Crippen molar-refractivity contribution in [2.45, 2.75) is 98.6 Å². The predicted octanol–water partition coefficient (Wildman–Crippen LogP) is 8.79. The minimum atomic E-state index is -1.53. The molecule has 0 bridgehead atoms. The Kier molecular flexibility index (Phi) is 24.9. The second-order valence-electron chi connectivity index (χ2n) is 17.7. The molecule has 2 atom stereocenters. The van der Waals surface area contributed by atoms with Crippen LogP contribution in [0.5, 0.6) is 0 Å². The van der Waals surface area contributed by atoms with Crippen LogP contribution in [-0.4, -0.2) is 81.1 Å². The number of carbonyl (C=O) groups excluding carboxylic acids is 8. The lowest BCUT2D eigenvalue weighted by molar-refractivity contribution is -0.144. The number of imide groups is 3. The van der Waals surface area contributed by atoms with Gasteiger partial charge in [0.2, 0.25) is 23.6 Å². The molecule has 0 saturated carbocycles. The normalized spacial score (nSPS) is 12.9. The van der Waals surface area contributed by atoms with E-state index < -0.39 is 78.0 Å². The van der Waals surface area contributed by atoms with E-state index in [0.717, 1.165) is 55.7 Å². The first-order chi connectivity index (χ1) is 42.1. The summed E-state index contributed by atoms with van der Waals surface area (Å²) in [5, 5.41) is 0. The molecule has 2 unspecified atom stereocenters. The lowest BCUT2D eigenvalue weighted by atomic mass is 9.92. The van der Waals surface area contributed by atoms with Crippen LogP contribution in [0.4, 0.5) is 11.4 Å². The van der Waals surface area contributed by atoms with E-state index in [1.807, 2.05) is 52.0 Å². The van der Waals surface area contributed by atoms with Crippen molar-refractivity contribution >= 4 is 58.6 Å². The van der Waals surface area contributed by atoms with Crippen LogP contribution in [0.3, 0.4) is 0 Å². The van der Waals surface area contributed by atoms with Gasteiger partial charge in [0, 0.05) is 125 Å². The highest BCUT2D eigenvalue weighted by Gasteiger charge is 2.50. The highest BCUT2D eigenvalue weighted by molar-refractivity contribution is 6.28. The summed E-state index contributed by atoms with van der Waals surface area (Å²) in [5.74, 6) is -5.59. The third-order valence-electron chi connectivity index (χ3n) is 12.3. The molecule has 87 heavy (non-hydrogen) atoms. The Morgan fingerprint density at radius 2 is 0.724 bits per heavy atom. The largest absolute Gasteiger partial charge is 0.284 e. The van der Waals surface area contributed by atoms with E-state index in [1.54, 1.807) is 0 Å². The summed E-state index contributed by atoms with van der Waals surface area (Å²) in [6.45, 7) is 13.3. The molecule has 2 aromatic carbocycles. The summed E-state index contributed by atoms with van der Waals surface area (Å²) >= 11 is 0. The second kappa shape index (κ2) is 33.5. The zero-order valence-electron chi connectivity index (χ0n) is 48.3.